The lowest BCUT2D eigenvalue weighted by atomic mass is 9.95. The second-order valence-corrected chi connectivity index (χ2v) is 6.04. The largest absolute Gasteiger partial charge is 0.378 e. The van der Waals surface area contributed by atoms with E-state index in [-0.39, 0.29) is 0 Å². The number of nitrogens with zero attached hydrogens (tertiary/aromatic N) is 5. The normalized spacial score (nSPS) is 20.8. The number of rotatable bonds is 3. The molecule has 2 fully saturated rings. The molecular weight excluding hydrogens is 254 g/mol. The third-order valence-electron chi connectivity index (χ3n) is 4.52. The van der Waals surface area contributed by atoms with Crippen LogP contribution in [-0.4, -0.2) is 39.8 Å². The Morgan fingerprint density at radius 2 is 2.25 bits per heavy atom. The minimum Gasteiger partial charge on any atom is -0.378 e. The van der Waals surface area contributed by atoms with E-state index in [4.69, 9.17) is 4.74 Å². The molecule has 106 valence electrons. The summed E-state index contributed by atoms with van der Waals surface area (Å²) in [6.07, 6.45) is 6.96. The molecule has 0 atom stereocenters. The zero-order chi connectivity index (χ0) is 13.6. The summed E-state index contributed by atoms with van der Waals surface area (Å²) in [5.74, 6) is 1.76. The first-order chi connectivity index (χ1) is 9.80. The topological polar surface area (TPSA) is 55.6 Å². The first-order valence-electron chi connectivity index (χ1n) is 7.23. The van der Waals surface area contributed by atoms with Gasteiger partial charge in [-0.15, -0.1) is 0 Å². The molecule has 0 unspecified atom stereocenters. The highest BCUT2D eigenvalue weighted by Gasteiger charge is 2.45. The number of piperidine rings is 1. The van der Waals surface area contributed by atoms with Crippen LogP contribution in [0.25, 0.3) is 5.78 Å². The molecule has 6 nitrogen and oxygen atoms in total. The maximum atomic E-state index is 5.21. The maximum absolute atomic E-state index is 5.21. The van der Waals surface area contributed by atoms with Gasteiger partial charge < -0.3 is 9.64 Å². The van der Waals surface area contributed by atoms with Crippen LogP contribution in [0.5, 0.6) is 0 Å². The lowest BCUT2D eigenvalue weighted by molar-refractivity contribution is 0.181. The van der Waals surface area contributed by atoms with Gasteiger partial charge in [0.25, 0.3) is 5.78 Å². The third kappa shape index (κ3) is 1.95. The number of methoxy groups -OCH3 is 1. The van der Waals surface area contributed by atoms with Crippen molar-refractivity contribution in [1.29, 1.82) is 0 Å². The van der Waals surface area contributed by atoms with Gasteiger partial charge in [0.2, 0.25) is 0 Å². The molecule has 2 aromatic rings. The van der Waals surface area contributed by atoms with Crippen molar-refractivity contribution in [3.05, 3.63) is 18.1 Å². The van der Waals surface area contributed by atoms with Crippen molar-refractivity contribution >= 4 is 11.6 Å². The summed E-state index contributed by atoms with van der Waals surface area (Å²) < 4.78 is 7.06. The molecule has 2 aromatic heterocycles. The molecule has 1 aliphatic heterocycles. The van der Waals surface area contributed by atoms with E-state index in [0.717, 1.165) is 24.6 Å². The van der Waals surface area contributed by atoms with Crippen LogP contribution in [0.4, 0.5) is 5.82 Å². The van der Waals surface area contributed by atoms with Gasteiger partial charge in [-0.2, -0.15) is 14.6 Å². The van der Waals surface area contributed by atoms with Gasteiger partial charge in [-0.25, -0.2) is 4.98 Å². The summed E-state index contributed by atoms with van der Waals surface area (Å²) in [5.41, 5.74) is 1.49. The van der Waals surface area contributed by atoms with Crippen LogP contribution < -0.4 is 4.90 Å². The summed E-state index contributed by atoms with van der Waals surface area (Å²) in [6, 6.07) is 2.09. The minimum atomic E-state index is 0.509. The van der Waals surface area contributed by atoms with Gasteiger partial charge in [-0.05, 0) is 31.1 Å². The van der Waals surface area contributed by atoms with E-state index in [9.17, 15) is 0 Å². The zero-order valence-electron chi connectivity index (χ0n) is 11.7. The molecule has 6 heteroatoms. The van der Waals surface area contributed by atoms with E-state index >= 15 is 0 Å². The van der Waals surface area contributed by atoms with Crippen LogP contribution in [0.1, 0.15) is 31.4 Å². The van der Waals surface area contributed by atoms with Crippen molar-refractivity contribution in [1.82, 2.24) is 19.6 Å². The van der Waals surface area contributed by atoms with Gasteiger partial charge in [0.15, 0.2) is 0 Å². The molecule has 20 heavy (non-hydrogen) atoms. The summed E-state index contributed by atoms with van der Waals surface area (Å²) >= 11 is 0. The standard InChI is InChI=1S/C14H19N5O/c1-20-8-11-7-12(19-13(17-11)15-10-16-19)18-6-2-3-14(9-18)4-5-14/h7,10H,2-6,8-9H2,1H3. The van der Waals surface area contributed by atoms with E-state index < -0.39 is 0 Å². The van der Waals surface area contributed by atoms with Gasteiger partial charge in [-0.1, -0.05) is 0 Å². The van der Waals surface area contributed by atoms with Crippen molar-refractivity contribution < 1.29 is 4.74 Å². The number of aromatic nitrogens is 4. The summed E-state index contributed by atoms with van der Waals surface area (Å²) in [6.45, 7) is 2.74. The summed E-state index contributed by atoms with van der Waals surface area (Å²) in [7, 11) is 1.69. The maximum Gasteiger partial charge on any atom is 0.254 e. The van der Waals surface area contributed by atoms with E-state index in [0.29, 0.717) is 17.8 Å². The molecule has 4 rings (SSSR count). The smallest absolute Gasteiger partial charge is 0.254 e. The highest BCUT2D eigenvalue weighted by atomic mass is 16.5. The Morgan fingerprint density at radius 1 is 1.35 bits per heavy atom. The highest BCUT2D eigenvalue weighted by molar-refractivity contribution is 5.48. The van der Waals surface area contributed by atoms with E-state index in [1.165, 1.54) is 25.7 Å². The lowest BCUT2D eigenvalue weighted by Gasteiger charge is -2.34. The Labute approximate surface area is 117 Å². The van der Waals surface area contributed by atoms with Gasteiger partial charge in [0.05, 0.1) is 12.3 Å². The Bertz CT molecular complexity index is 634. The van der Waals surface area contributed by atoms with E-state index in [1.807, 2.05) is 4.52 Å². The second-order valence-electron chi connectivity index (χ2n) is 6.04. The van der Waals surface area contributed by atoms with Gasteiger partial charge in [-0.3, -0.25) is 0 Å². The first-order valence-corrected chi connectivity index (χ1v) is 7.23. The molecule has 1 aliphatic carbocycles. The molecular formula is C14H19N5O. The monoisotopic (exact) mass is 273 g/mol. The second kappa shape index (κ2) is 4.41. The molecule has 1 spiro atoms. The quantitative estimate of drug-likeness (QED) is 0.851. The number of ether oxygens (including phenoxy) is 1. The third-order valence-corrected chi connectivity index (χ3v) is 4.52. The summed E-state index contributed by atoms with van der Waals surface area (Å²) in [5, 5.41) is 4.32. The lowest BCUT2D eigenvalue weighted by Crippen LogP contribution is -2.37. The van der Waals surface area contributed by atoms with Gasteiger partial charge >= 0.3 is 0 Å². The van der Waals surface area contributed by atoms with Crippen LogP contribution in [0.3, 0.4) is 0 Å². The molecule has 1 saturated carbocycles. The van der Waals surface area contributed by atoms with Crippen molar-refractivity contribution in [2.24, 2.45) is 5.41 Å². The van der Waals surface area contributed by atoms with Crippen molar-refractivity contribution in [3.63, 3.8) is 0 Å². The van der Waals surface area contributed by atoms with E-state index in [1.54, 1.807) is 13.4 Å². The molecule has 0 N–H and O–H groups in total. The Kier molecular flexibility index (Phi) is 2.66. The molecule has 0 aromatic carbocycles. The van der Waals surface area contributed by atoms with Crippen LogP contribution in [0.15, 0.2) is 12.4 Å². The molecule has 1 saturated heterocycles. The van der Waals surface area contributed by atoms with Gasteiger partial charge in [0.1, 0.15) is 12.1 Å². The Hall–Kier alpha value is -1.69. The average molecular weight is 273 g/mol. The molecule has 0 radical (unpaired) electrons. The molecule has 0 amide bonds. The molecule has 3 heterocycles. The number of fused-ring (bicyclic) bond motifs is 1. The van der Waals surface area contributed by atoms with E-state index in [2.05, 4.69) is 26.0 Å². The van der Waals surface area contributed by atoms with Crippen molar-refractivity contribution in [2.75, 3.05) is 25.1 Å². The van der Waals surface area contributed by atoms with Crippen molar-refractivity contribution in [3.8, 4) is 0 Å². The number of anilines is 1. The Balaban J connectivity index is 1.74. The first kappa shape index (κ1) is 12.1. The van der Waals surface area contributed by atoms with Crippen LogP contribution in [0, 0.1) is 5.41 Å². The predicted octanol–water partition coefficient (Wildman–Crippen LogP) is 1.65. The minimum absolute atomic E-state index is 0.509. The van der Waals surface area contributed by atoms with Crippen molar-refractivity contribution in [2.45, 2.75) is 32.3 Å². The van der Waals surface area contributed by atoms with Crippen LogP contribution >= 0.6 is 0 Å². The Morgan fingerprint density at radius 3 is 3.05 bits per heavy atom. The average Bonchev–Trinajstić information content (AvgIpc) is 3.02. The zero-order valence-corrected chi connectivity index (χ0v) is 11.7. The van der Waals surface area contributed by atoms with Gasteiger partial charge in [0, 0.05) is 26.3 Å². The summed E-state index contributed by atoms with van der Waals surface area (Å²) in [4.78, 5) is 11.1. The highest BCUT2D eigenvalue weighted by Crippen LogP contribution is 2.52. The molecule has 2 aliphatic rings. The number of hydrogen-bond acceptors (Lipinski definition) is 5. The number of hydrogen-bond donors (Lipinski definition) is 0. The fourth-order valence-corrected chi connectivity index (χ4v) is 3.28. The SMILES string of the molecule is COCc1cc(N2CCCC3(CC3)C2)n2ncnc2n1. The fourth-order valence-electron chi connectivity index (χ4n) is 3.28. The fraction of sp³-hybridized carbons (Fsp3) is 0.643. The van der Waals surface area contributed by atoms with Crippen LogP contribution in [-0.2, 0) is 11.3 Å². The predicted molar refractivity (Wildman–Crippen MR) is 74.6 cm³/mol. The van der Waals surface area contributed by atoms with Crippen LogP contribution in [0.2, 0.25) is 0 Å². The molecule has 0 bridgehead atoms.